The van der Waals surface area contributed by atoms with E-state index in [0.717, 1.165) is 16.1 Å². The van der Waals surface area contributed by atoms with Crippen molar-refractivity contribution in [3.05, 3.63) is 61.5 Å². The van der Waals surface area contributed by atoms with Crippen molar-refractivity contribution in [2.45, 2.75) is 6.54 Å². The number of nitrogens with one attached hydrogen (secondary N) is 1. The molecule has 0 fully saturated rings. The first-order valence-corrected chi connectivity index (χ1v) is 7.26. The third-order valence-corrected chi connectivity index (χ3v) is 4.32. The van der Waals surface area contributed by atoms with Crippen molar-refractivity contribution >= 4 is 49.1 Å². The zero-order valence-electron chi connectivity index (χ0n) is 9.48. The Hall–Kier alpha value is -0.650. The van der Waals surface area contributed by atoms with Gasteiger partial charge in [0.05, 0.1) is 15.2 Å². The van der Waals surface area contributed by atoms with Gasteiger partial charge in [0.1, 0.15) is 11.6 Å². The van der Waals surface area contributed by atoms with E-state index < -0.39 is 11.6 Å². The Kier molecular flexibility index (Phi) is 4.81. The van der Waals surface area contributed by atoms with E-state index in [9.17, 15) is 8.78 Å². The second-order valence-corrected chi connectivity index (χ2v) is 5.96. The molecule has 0 aliphatic heterocycles. The fourth-order valence-corrected chi connectivity index (χ4v) is 2.30. The lowest BCUT2D eigenvalue weighted by Gasteiger charge is -2.09. The fourth-order valence-electron chi connectivity index (χ4n) is 1.50. The van der Waals surface area contributed by atoms with Crippen LogP contribution in [0.4, 0.5) is 14.5 Å². The van der Waals surface area contributed by atoms with Gasteiger partial charge in [-0.15, -0.1) is 0 Å². The second-order valence-electron chi connectivity index (χ2n) is 3.85. The first-order chi connectivity index (χ1) is 8.97. The molecule has 2 aromatic rings. The van der Waals surface area contributed by atoms with Gasteiger partial charge in [-0.2, -0.15) is 0 Å². The summed E-state index contributed by atoms with van der Waals surface area (Å²) in [4.78, 5) is 0. The van der Waals surface area contributed by atoms with Crippen LogP contribution < -0.4 is 5.32 Å². The SMILES string of the molecule is Fc1cc(F)c(NCc2ccc(Br)c(Cl)c2)cc1Br. The predicted octanol–water partition coefficient (Wildman–Crippen LogP) is 5.76. The van der Waals surface area contributed by atoms with Gasteiger partial charge in [0.25, 0.3) is 0 Å². The molecular formula is C13H8Br2ClF2N. The standard InChI is InChI=1S/C13H8Br2ClF2N/c14-8-2-1-7(3-10(8)16)6-19-13-4-9(15)11(17)5-12(13)18/h1-5,19H,6H2. The summed E-state index contributed by atoms with van der Waals surface area (Å²) in [5, 5.41) is 3.48. The van der Waals surface area contributed by atoms with Crippen LogP contribution in [0.5, 0.6) is 0 Å². The predicted molar refractivity (Wildman–Crippen MR) is 80.5 cm³/mol. The number of benzene rings is 2. The van der Waals surface area contributed by atoms with Gasteiger partial charge in [0, 0.05) is 17.1 Å². The Bertz CT molecular complexity index is 620. The number of anilines is 1. The zero-order valence-corrected chi connectivity index (χ0v) is 13.4. The molecular weight excluding hydrogens is 403 g/mol. The van der Waals surface area contributed by atoms with Crippen LogP contribution in [-0.2, 0) is 6.54 Å². The summed E-state index contributed by atoms with van der Waals surface area (Å²) in [5.41, 5.74) is 1.13. The average Bonchev–Trinajstić information content (AvgIpc) is 2.36. The molecule has 19 heavy (non-hydrogen) atoms. The van der Waals surface area contributed by atoms with Crippen molar-refractivity contribution in [2.75, 3.05) is 5.32 Å². The van der Waals surface area contributed by atoms with E-state index in [2.05, 4.69) is 37.2 Å². The molecule has 2 aromatic carbocycles. The average molecular weight is 411 g/mol. The van der Waals surface area contributed by atoms with Gasteiger partial charge in [-0.05, 0) is 55.6 Å². The minimum atomic E-state index is -0.635. The van der Waals surface area contributed by atoms with Crippen molar-refractivity contribution < 1.29 is 8.78 Å². The smallest absolute Gasteiger partial charge is 0.149 e. The highest BCUT2D eigenvalue weighted by Gasteiger charge is 2.08. The van der Waals surface area contributed by atoms with Crippen molar-refractivity contribution in [1.82, 2.24) is 0 Å². The Labute approximate surface area is 131 Å². The summed E-state index contributed by atoms with van der Waals surface area (Å²) in [6.45, 7) is 0.391. The van der Waals surface area contributed by atoms with E-state index in [-0.39, 0.29) is 10.2 Å². The van der Waals surface area contributed by atoms with Crippen molar-refractivity contribution in [3.8, 4) is 0 Å². The maximum absolute atomic E-state index is 13.5. The van der Waals surface area contributed by atoms with Crippen LogP contribution in [0.3, 0.4) is 0 Å². The molecule has 100 valence electrons. The van der Waals surface area contributed by atoms with Gasteiger partial charge < -0.3 is 5.32 Å². The van der Waals surface area contributed by atoms with Crippen LogP contribution in [0.2, 0.25) is 5.02 Å². The molecule has 0 radical (unpaired) electrons. The van der Waals surface area contributed by atoms with E-state index in [1.165, 1.54) is 6.07 Å². The molecule has 0 saturated carbocycles. The Balaban J connectivity index is 2.14. The monoisotopic (exact) mass is 409 g/mol. The van der Waals surface area contributed by atoms with Gasteiger partial charge in [-0.1, -0.05) is 17.7 Å². The lowest BCUT2D eigenvalue weighted by atomic mass is 10.2. The molecule has 1 N–H and O–H groups in total. The molecule has 0 atom stereocenters. The van der Waals surface area contributed by atoms with Gasteiger partial charge >= 0.3 is 0 Å². The van der Waals surface area contributed by atoms with Crippen LogP contribution in [0.25, 0.3) is 0 Å². The van der Waals surface area contributed by atoms with Gasteiger partial charge in [-0.25, -0.2) is 8.78 Å². The summed E-state index contributed by atoms with van der Waals surface area (Å²) in [7, 11) is 0. The topological polar surface area (TPSA) is 12.0 Å². The summed E-state index contributed by atoms with van der Waals surface area (Å²) < 4.78 is 27.6. The van der Waals surface area contributed by atoms with E-state index in [1.54, 1.807) is 6.07 Å². The van der Waals surface area contributed by atoms with E-state index in [0.29, 0.717) is 11.6 Å². The molecule has 1 nitrogen and oxygen atoms in total. The molecule has 0 spiro atoms. The fraction of sp³-hybridized carbons (Fsp3) is 0.0769. The number of halogens is 5. The molecule has 6 heteroatoms. The lowest BCUT2D eigenvalue weighted by Crippen LogP contribution is -2.02. The van der Waals surface area contributed by atoms with Gasteiger partial charge in [0.2, 0.25) is 0 Å². The third kappa shape index (κ3) is 3.68. The van der Waals surface area contributed by atoms with Crippen molar-refractivity contribution in [3.63, 3.8) is 0 Å². The highest BCUT2D eigenvalue weighted by molar-refractivity contribution is 9.10. The van der Waals surface area contributed by atoms with Gasteiger partial charge in [0.15, 0.2) is 0 Å². The summed E-state index contributed by atoms with van der Waals surface area (Å²) in [6.07, 6.45) is 0. The maximum Gasteiger partial charge on any atom is 0.149 e. The highest BCUT2D eigenvalue weighted by atomic mass is 79.9. The normalized spacial score (nSPS) is 10.6. The summed E-state index contributed by atoms with van der Waals surface area (Å²) in [5.74, 6) is -1.27. The first kappa shape index (κ1) is 14.8. The zero-order chi connectivity index (χ0) is 14.0. The van der Waals surface area contributed by atoms with Crippen LogP contribution in [0.1, 0.15) is 5.56 Å². The Morgan fingerprint density at radius 2 is 1.74 bits per heavy atom. The van der Waals surface area contributed by atoms with E-state index in [1.807, 2.05) is 12.1 Å². The minimum absolute atomic E-state index is 0.213. The molecule has 0 bridgehead atoms. The van der Waals surface area contributed by atoms with E-state index >= 15 is 0 Å². The molecule has 0 amide bonds. The Morgan fingerprint density at radius 1 is 1.00 bits per heavy atom. The van der Waals surface area contributed by atoms with E-state index in [4.69, 9.17) is 11.6 Å². The molecule has 0 aromatic heterocycles. The van der Waals surface area contributed by atoms with Crippen LogP contribution >= 0.6 is 43.5 Å². The van der Waals surface area contributed by atoms with Crippen LogP contribution in [0, 0.1) is 11.6 Å². The minimum Gasteiger partial charge on any atom is -0.379 e. The molecule has 0 aliphatic rings. The third-order valence-electron chi connectivity index (χ3n) is 2.48. The molecule has 0 heterocycles. The van der Waals surface area contributed by atoms with Crippen LogP contribution in [-0.4, -0.2) is 0 Å². The maximum atomic E-state index is 13.5. The van der Waals surface area contributed by atoms with Crippen LogP contribution in [0.15, 0.2) is 39.3 Å². The van der Waals surface area contributed by atoms with Gasteiger partial charge in [-0.3, -0.25) is 0 Å². The number of rotatable bonds is 3. The summed E-state index contributed by atoms with van der Waals surface area (Å²) >= 11 is 12.3. The molecule has 0 aliphatic carbocycles. The lowest BCUT2D eigenvalue weighted by molar-refractivity contribution is 0.580. The largest absolute Gasteiger partial charge is 0.379 e. The van der Waals surface area contributed by atoms with Crippen molar-refractivity contribution in [2.24, 2.45) is 0 Å². The second kappa shape index (κ2) is 6.20. The number of hydrogen-bond acceptors (Lipinski definition) is 1. The molecule has 0 saturated heterocycles. The Morgan fingerprint density at radius 3 is 2.42 bits per heavy atom. The van der Waals surface area contributed by atoms with Crippen molar-refractivity contribution in [1.29, 1.82) is 0 Å². The quantitative estimate of drug-likeness (QED) is 0.634. The molecule has 0 unspecified atom stereocenters. The highest BCUT2D eigenvalue weighted by Crippen LogP contribution is 2.26. The molecule has 2 rings (SSSR count). The summed E-state index contributed by atoms with van der Waals surface area (Å²) in [6, 6.07) is 7.65. The number of hydrogen-bond donors (Lipinski definition) is 1. The first-order valence-electron chi connectivity index (χ1n) is 5.29.